The van der Waals surface area contributed by atoms with Crippen LogP contribution in [0.15, 0.2) is 42.5 Å². The fourth-order valence-corrected chi connectivity index (χ4v) is 3.61. The highest BCUT2D eigenvalue weighted by atomic mass is 35.5. The van der Waals surface area contributed by atoms with Crippen LogP contribution in [0.25, 0.3) is 0 Å². The molecule has 7 heteroatoms. The number of anilines is 1. The second-order valence-electron chi connectivity index (χ2n) is 6.75. The third-order valence-corrected chi connectivity index (χ3v) is 5.31. The molecule has 1 amide bonds. The zero-order valence-corrected chi connectivity index (χ0v) is 17.3. The number of piperazine rings is 1. The highest BCUT2D eigenvalue weighted by Crippen LogP contribution is 2.28. The maximum atomic E-state index is 12.7. The van der Waals surface area contributed by atoms with Crippen molar-refractivity contribution in [3.8, 4) is 5.75 Å². The van der Waals surface area contributed by atoms with E-state index in [2.05, 4.69) is 4.90 Å². The minimum atomic E-state index is -0.639. The third-order valence-electron chi connectivity index (χ3n) is 4.78. The lowest BCUT2D eigenvalue weighted by Crippen LogP contribution is -2.52. The molecule has 3 rings (SSSR count). The van der Waals surface area contributed by atoms with E-state index < -0.39 is 6.10 Å². The summed E-state index contributed by atoms with van der Waals surface area (Å²) in [6.07, 6.45) is -0.639. The van der Waals surface area contributed by atoms with Crippen LogP contribution in [0.1, 0.15) is 24.2 Å². The molecule has 1 unspecified atom stereocenters. The van der Waals surface area contributed by atoms with Crippen LogP contribution in [-0.4, -0.2) is 48.9 Å². The van der Waals surface area contributed by atoms with Crippen molar-refractivity contribution >= 4 is 40.6 Å². The number of benzene rings is 2. The minimum absolute atomic E-state index is 0.0525. The Labute approximate surface area is 174 Å². The Morgan fingerprint density at radius 3 is 2.21 bits per heavy atom. The van der Waals surface area contributed by atoms with Crippen LogP contribution >= 0.6 is 23.2 Å². The number of rotatable bonds is 5. The van der Waals surface area contributed by atoms with Gasteiger partial charge in [-0.1, -0.05) is 23.2 Å². The van der Waals surface area contributed by atoms with Gasteiger partial charge in [-0.05, 0) is 56.3 Å². The average Bonchev–Trinajstić information content (AvgIpc) is 2.69. The molecule has 0 radical (unpaired) electrons. The zero-order valence-electron chi connectivity index (χ0n) is 15.8. The van der Waals surface area contributed by atoms with Crippen LogP contribution in [-0.2, 0) is 4.79 Å². The van der Waals surface area contributed by atoms with Crippen molar-refractivity contribution in [2.75, 3.05) is 31.1 Å². The van der Waals surface area contributed by atoms with Crippen molar-refractivity contribution in [3.63, 3.8) is 0 Å². The molecule has 1 atom stereocenters. The zero-order chi connectivity index (χ0) is 20.3. The molecule has 1 aliphatic heterocycles. The van der Waals surface area contributed by atoms with Gasteiger partial charge in [0.25, 0.3) is 5.91 Å². The van der Waals surface area contributed by atoms with Gasteiger partial charge >= 0.3 is 0 Å². The quantitative estimate of drug-likeness (QED) is 0.676. The standard InChI is InChI=1S/C21H22Cl2N2O3/c1-14(26)16-3-6-18(7-4-16)24-9-11-25(12-10-24)21(27)15(2)28-20-8-5-17(22)13-19(20)23/h3-8,13,15H,9-12H2,1-2H3. The summed E-state index contributed by atoms with van der Waals surface area (Å²) in [7, 11) is 0. The highest BCUT2D eigenvalue weighted by Gasteiger charge is 2.26. The van der Waals surface area contributed by atoms with Crippen LogP contribution in [0.3, 0.4) is 0 Å². The molecule has 0 N–H and O–H groups in total. The predicted octanol–water partition coefficient (Wildman–Crippen LogP) is 4.31. The van der Waals surface area contributed by atoms with Gasteiger partial charge in [-0.15, -0.1) is 0 Å². The molecule has 28 heavy (non-hydrogen) atoms. The number of ether oxygens (including phenoxy) is 1. The maximum absolute atomic E-state index is 12.7. The monoisotopic (exact) mass is 420 g/mol. The van der Waals surface area contributed by atoms with E-state index in [4.69, 9.17) is 27.9 Å². The molecule has 1 heterocycles. The largest absolute Gasteiger partial charge is 0.479 e. The summed E-state index contributed by atoms with van der Waals surface area (Å²) in [6, 6.07) is 12.5. The van der Waals surface area contributed by atoms with Gasteiger partial charge in [0.15, 0.2) is 11.9 Å². The molecule has 1 aliphatic rings. The smallest absolute Gasteiger partial charge is 0.263 e. The van der Waals surface area contributed by atoms with Gasteiger partial charge in [-0.2, -0.15) is 0 Å². The van der Waals surface area contributed by atoms with E-state index in [0.717, 1.165) is 18.8 Å². The average molecular weight is 421 g/mol. The molecule has 0 saturated carbocycles. The lowest BCUT2D eigenvalue weighted by Gasteiger charge is -2.37. The summed E-state index contributed by atoms with van der Waals surface area (Å²) < 4.78 is 5.73. The van der Waals surface area contributed by atoms with E-state index in [-0.39, 0.29) is 11.7 Å². The Kier molecular flexibility index (Phi) is 6.47. The molecular weight excluding hydrogens is 399 g/mol. The molecule has 1 fully saturated rings. The molecule has 0 spiro atoms. The molecule has 0 aliphatic carbocycles. The number of hydrogen-bond acceptors (Lipinski definition) is 4. The Morgan fingerprint density at radius 1 is 1.00 bits per heavy atom. The van der Waals surface area contributed by atoms with Gasteiger partial charge < -0.3 is 14.5 Å². The summed E-state index contributed by atoms with van der Waals surface area (Å²) in [4.78, 5) is 28.1. The summed E-state index contributed by atoms with van der Waals surface area (Å²) in [6.45, 7) is 5.93. The number of amides is 1. The van der Waals surface area contributed by atoms with E-state index in [1.807, 2.05) is 24.3 Å². The summed E-state index contributed by atoms with van der Waals surface area (Å²) >= 11 is 12.0. The van der Waals surface area contributed by atoms with Crippen LogP contribution in [0.5, 0.6) is 5.75 Å². The summed E-state index contributed by atoms with van der Waals surface area (Å²) in [5.41, 5.74) is 1.75. The van der Waals surface area contributed by atoms with Gasteiger partial charge in [-0.25, -0.2) is 0 Å². The van der Waals surface area contributed by atoms with Crippen molar-refractivity contribution in [1.82, 2.24) is 4.90 Å². The first-order chi connectivity index (χ1) is 13.3. The number of halogens is 2. The van der Waals surface area contributed by atoms with Crippen LogP contribution in [0.4, 0.5) is 5.69 Å². The molecule has 1 saturated heterocycles. The first kappa shape index (κ1) is 20.5. The molecule has 0 aromatic heterocycles. The van der Waals surface area contributed by atoms with Crippen molar-refractivity contribution < 1.29 is 14.3 Å². The number of nitrogens with zero attached hydrogens (tertiary/aromatic N) is 2. The van der Waals surface area contributed by atoms with Crippen molar-refractivity contribution in [2.24, 2.45) is 0 Å². The van der Waals surface area contributed by atoms with Crippen LogP contribution < -0.4 is 9.64 Å². The van der Waals surface area contributed by atoms with E-state index in [1.165, 1.54) is 0 Å². The lowest BCUT2D eigenvalue weighted by molar-refractivity contribution is -0.138. The fourth-order valence-electron chi connectivity index (χ4n) is 3.16. The molecule has 148 valence electrons. The molecule has 2 aromatic carbocycles. The van der Waals surface area contributed by atoms with Gasteiger partial charge in [0, 0.05) is 42.5 Å². The molecular formula is C21H22Cl2N2O3. The second kappa shape index (κ2) is 8.84. The Hall–Kier alpha value is -2.24. The maximum Gasteiger partial charge on any atom is 0.263 e. The Balaban J connectivity index is 1.56. The van der Waals surface area contributed by atoms with E-state index in [1.54, 1.807) is 36.9 Å². The molecule has 0 bridgehead atoms. The normalized spacial score (nSPS) is 15.3. The molecule has 2 aromatic rings. The first-order valence-electron chi connectivity index (χ1n) is 9.11. The van der Waals surface area contributed by atoms with Gasteiger partial charge in [0.2, 0.25) is 0 Å². The number of ketones is 1. The SMILES string of the molecule is CC(=O)c1ccc(N2CCN(C(=O)C(C)Oc3ccc(Cl)cc3Cl)CC2)cc1. The van der Waals surface area contributed by atoms with Crippen LogP contribution in [0.2, 0.25) is 10.0 Å². The lowest BCUT2D eigenvalue weighted by atomic mass is 10.1. The number of Topliss-reactive ketones (excluding diaryl/α,β-unsaturated/α-hetero) is 1. The summed E-state index contributed by atoms with van der Waals surface area (Å²) in [5.74, 6) is 0.422. The predicted molar refractivity (Wildman–Crippen MR) is 112 cm³/mol. The minimum Gasteiger partial charge on any atom is -0.479 e. The van der Waals surface area contributed by atoms with Crippen molar-refractivity contribution in [2.45, 2.75) is 20.0 Å². The Morgan fingerprint density at radius 2 is 1.64 bits per heavy atom. The van der Waals surface area contributed by atoms with Gasteiger partial charge in [-0.3, -0.25) is 9.59 Å². The van der Waals surface area contributed by atoms with Crippen molar-refractivity contribution in [1.29, 1.82) is 0 Å². The van der Waals surface area contributed by atoms with E-state index >= 15 is 0 Å². The van der Waals surface area contributed by atoms with E-state index in [0.29, 0.717) is 34.4 Å². The molecule has 5 nitrogen and oxygen atoms in total. The second-order valence-corrected chi connectivity index (χ2v) is 7.59. The summed E-state index contributed by atoms with van der Waals surface area (Å²) in [5, 5.41) is 0.898. The Bertz CT molecular complexity index is 862. The number of hydrogen-bond donors (Lipinski definition) is 0. The third kappa shape index (κ3) is 4.78. The topological polar surface area (TPSA) is 49.9 Å². The fraction of sp³-hybridized carbons (Fsp3) is 0.333. The first-order valence-corrected chi connectivity index (χ1v) is 9.87. The van der Waals surface area contributed by atoms with Crippen LogP contribution in [0, 0.1) is 0 Å². The van der Waals surface area contributed by atoms with Gasteiger partial charge in [0.05, 0.1) is 5.02 Å². The highest BCUT2D eigenvalue weighted by molar-refractivity contribution is 6.35. The van der Waals surface area contributed by atoms with E-state index in [9.17, 15) is 9.59 Å². The number of carbonyl (C=O) groups excluding carboxylic acids is 2. The van der Waals surface area contributed by atoms with Gasteiger partial charge in [0.1, 0.15) is 5.75 Å². The van der Waals surface area contributed by atoms with Crippen molar-refractivity contribution in [3.05, 3.63) is 58.1 Å². The number of carbonyl (C=O) groups is 2.